The number of aromatic nitrogens is 3. The van der Waals surface area contributed by atoms with E-state index in [0.29, 0.717) is 36.1 Å². The molecule has 8 nitrogen and oxygen atoms in total. The maximum atomic E-state index is 12.8. The second kappa shape index (κ2) is 8.94. The summed E-state index contributed by atoms with van der Waals surface area (Å²) in [5.41, 5.74) is 1.88. The van der Waals surface area contributed by atoms with Crippen LogP contribution in [0.1, 0.15) is 36.8 Å². The predicted octanol–water partition coefficient (Wildman–Crippen LogP) is 3.45. The average molecular weight is 408 g/mol. The van der Waals surface area contributed by atoms with Crippen LogP contribution in [0.25, 0.3) is 11.4 Å². The Kier molecular flexibility index (Phi) is 5.92. The lowest BCUT2D eigenvalue weighted by Crippen LogP contribution is -2.30. The number of aryl methyl sites for hydroxylation is 1. The molecule has 1 saturated heterocycles. The summed E-state index contributed by atoms with van der Waals surface area (Å²) in [5.74, 6) is 2.21. The molecule has 2 aromatic heterocycles. The van der Waals surface area contributed by atoms with E-state index in [1.807, 2.05) is 23.1 Å². The van der Waals surface area contributed by atoms with Gasteiger partial charge in [-0.05, 0) is 48.7 Å². The maximum absolute atomic E-state index is 12.8. The number of rotatable bonds is 7. The fourth-order valence-electron chi connectivity index (χ4n) is 3.80. The van der Waals surface area contributed by atoms with E-state index in [-0.39, 0.29) is 11.9 Å². The van der Waals surface area contributed by atoms with Crippen LogP contribution in [0.2, 0.25) is 0 Å². The molecule has 0 spiro atoms. The highest BCUT2D eigenvalue weighted by atomic mass is 16.5. The van der Waals surface area contributed by atoms with Crippen molar-refractivity contribution in [3.63, 3.8) is 0 Å². The zero-order valence-electron chi connectivity index (χ0n) is 17.1. The number of hydrogen-bond acceptors (Lipinski definition) is 7. The van der Waals surface area contributed by atoms with Gasteiger partial charge in [0, 0.05) is 37.3 Å². The third kappa shape index (κ3) is 4.12. The predicted molar refractivity (Wildman–Crippen MR) is 109 cm³/mol. The van der Waals surface area contributed by atoms with Crippen molar-refractivity contribution in [3.8, 4) is 22.9 Å². The molecule has 30 heavy (non-hydrogen) atoms. The quantitative estimate of drug-likeness (QED) is 0.591. The summed E-state index contributed by atoms with van der Waals surface area (Å²) in [6.45, 7) is 0.770. The highest BCUT2D eigenvalue weighted by Gasteiger charge is 2.29. The van der Waals surface area contributed by atoms with E-state index in [0.717, 1.165) is 30.5 Å². The molecule has 1 aliphatic rings. The van der Waals surface area contributed by atoms with Gasteiger partial charge in [-0.25, -0.2) is 0 Å². The van der Waals surface area contributed by atoms with Crippen molar-refractivity contribution in [1.82, 2.24) is 20.0 Å². The van der Waals surface area contributed by atoms with Gasteiger partial charge in [0.15, 0.2) is 11.5 Å². The molecule has 0 bridgehead atoms. The topological polar surface area (TPSA) is 90.6 Å². The molecule has 1 amide bonds. The van der Waals surface area contributed by atoms with Gasteiger partial charge in [0.2, 0.25) is 17.6 Å². The number of likely N-dealkylation sites (tertiary alicyclic amines) is 1. The summed E-state index contributed by atoms with van der Waals surface area (Å²) >= 11 is 0. The van der Waals surface area contributed by atoms with Crippen LogP contribution in [-0.4, -0.2) is 46.7 Å². The van der Waals surface area contributed by atoms with Crippen molar-refractivity contribution in [1.29, 1.82) is 0 Å². The van der Waals surface area contributed by atoms with Crippen LogP contribution in [0, 0.1) is 0 Å². The molecule has 3 aromatic rings. The van der Waals surface area contributed by atoms with Gasteiger partial charge in [-0.15, -0.1) is 0 Å². The highest BCUT2D eigenvalue weighted by Crippen LogP contribution is 2.33. The third-order valence-corrected chi connectivity index (χ3v) is 5.33. The van der Waals surface area contributed by atoms with Crippen molar-refractivity contribution >= 4 is 5.91 Å². The summed E-state index contributed by atoms with van der Waals surface area (Å²) in [5, 5.41) is 4.04. The minimum Gasteiger partial charge on any atom is -0.493 e. The number of carbonyl (C=O) groups is 1. The van der Waals surface area contributed by atoms with Gasteiger partial charge in [-0.3, -0.25) is 9.78 Å². The zero-order chi connectivity index (χ0) is 20.9. The maximum Gasteiger partial charge on any atom is 0.227 e. The number of carbonyl (C=O) groups excluding carboxylic acids is 1. The second-order valence-electron chi connectivity index (χ2n) is 7.11. The van der Waals surface area contributed by atoms with Gasteiger partial charge < -0.3 is 18.9 Å². The Morgan fingerprint density at radius 1 is 1.17 bits per heavy atom. The average Bonchev–Trinajstić information content (AvgIpc) is 3.47. The first-order valence-corrected chi connectivity index (χ1v) is 9.94. The molecule has 1 unspecified atom stereocenters. The standard InChI is InChI=1S/C22H24N4O4/c1-28-18-6-5-16(14-19(18)29-2)22-24-20(30-25-22)7-8-21(27)26-13-3-4-17(26)15-9-11-23-12-10-15/h5-6,9-12,14,17H,3-4,7-8,13H2,1-2H3. The van der Waals surface area contributed by atoms with Gasteiger partial charge in [-0.2, -0.15) is 4.98 Å². The molecular formula is C22H24N4O4. The smallest absolute Gasteiger partial charge is 0.227 e. The highest BCUT2D eigenvalue weighted by molar-refractivity contribution is 5.77. The van der Waals surface area contributed by atoms with E-state index >= 15 is 0 Å². The van der Waals surface area contributed by atoms with Gasteiger partial charge in [0.25, 0.3) is 0 Å². The number of methoxy groups -OCH3 is 2. The number of nitrogens with zero attached hydrogens (tertiary/aromatic N) is 4. The second-order valence-corrected chi connectivity index (χ2v) is 7.11. The monoisotopic (exact) mass is 408 g/mol. The van der Waals surface area contributed by atoms with E-state index in [2.05, 4.69) is 15.1 Å². The van der Waals surface area contributed by atoms with Crippen molar-refractivity contribution in [2.45, 2.75) is 31.7 Å². The number of ether oxygens (including phenoxy) is 2. The van der Waals surface area contributed by atoms with Gasteiger partial charge in [-0.1, -0.05) is 5.16 Å². The molecule has 0 saturated carbocycles. The molecule has 156 valence electrons. The first-order chi connectivity index (χ1) is 14.7. The molecule has 0 N–H and O–H groups in total. The lowest BCUT2D eigenvalue weighted by molar-refractivity contribution is -0.132. The molecule has 1 aromatic carbocycles. The van der Waals surface area contributed by atoms with E-state index in [1.165, 1.54) is 0 Å². The number of benzene rings is 1. The van der Waals surface area contributed by atoms with Crippen LogP contribution in [0.4, 0.5) is 0 Å². The summed E-state index contributed by atoms with van der Waals surface area (Å²) in [6.07, 6.45) is 6.24. The Morgan fingerprint density at radius 2 is 1.97 bits per heavy atom. The minimum absolute atomic E-state index is 0.0974. The van der Waals surface area contributed by atoms with E-state index < -0.39 is 0 Å². The fraction of sp³-hybridized carbons (Fsp3) is 0.364. The van der Waals surface area contributed by atoms with Crippen molar-refractivity contribution in [2.24, 2.45) is 0 Å². The lowest BCUT2D eigenvalue weighted by Gasteiger charge is -2.24. The summed E-state index contributed by atoms with van der Waals surface area (Å²) in [6, 6.07) is 9.49. The van der Waals surface area contributed by atoms with Crippen LogP contribution in [0.3, 0.4) is 0 Å². The minimum atomic E-state index is 0.0974. The first kappa shape index (κ1) is 19.9. The Hall–Kier alpha value is -3.42. The zero-order valence-corrected chi connectivity index (χ0v) is 17.1. The van der Waals surface area contributed by atoms with Crippen LogP contribution < -0.4 is 9.47 Å². The summed E-state index contributed by atoms with van der Waals surface area (Å²) in [7, 11) is 3.16. The van der Waals surface area contributed by atoms with Gasteiger partial charge >= 0.3 is 0 Å². The molecule has 1 aliphatic heterocycles. The lowest BCUT2D eigenvalue weighted by atomic mass is 10.1. The Labute approximate surface area is 174 Å². The molecule has 4 rings (SSSR count). The molecule has 1 atom stereocenters. The molecule has 8 heteroatoms. The van der Waals surface area contributed by atoms with Gasteiger partial charge in [0.1, 0.15) is 0 Å². The summed E-state index contributed by atoms with van der Waals surface area (Å²) in [4.78, 5) is 23.3. The molecule has 1 fully saturated rings. The Bertz CT molecular complexity index is 1010. The Balaban J connectivity index is 1.40. The van der Waals surface area contributed by atoms with E-state index in [1.54, 1.807) is 38.7 Å². The number of hydrogen-bond donors (Lipinski definition) is 0. The number of amides is 1. The van der Waals surface area contributed by atoms with Crippen LogP contribution in [0.15, 0.2) is 47.2 Å². The van der Waals surface area contributed by atoms with Crippen LogP contribution in [-0.2, 0) is 11.2 Å². The first-order valence-electron chi connectivity index (χ1n) is 9.94. The largest absolute Gasteiger partial charge is 0.493 e. The van der Waals surface area contributed by atoms with Gasteiger partial charge in [0.05, 0.1) is 20.3 Å². The molecular weight excluding hydrogens is 384 g/mol. The fourth-order valence-corrected chi connectivity index (χ4v) is 3.80. The molecule has 0 aliphatic carbocycles. The SMILES string of the molecule is COc1ccc(-c2noc(CCC(=O)N3CCCC3c3ccncc3)n2)cc1OC. The van der Waals surface area contributed by atoms with E-state index in [9.17, 15) is 4.79 Å². The van der Waals surface area contributed by atoms with Crippen molar-refractivity contribution < 1.29 is 18.8 Å². The van der Waals surface area contributed by atoms with Crippen LogP contribution in [0.5, 0.6) is 11.5 Å². The van der Waals surface area contributed by atoms with Crippen molar-refractivity contribution in [2.75, 3.05) is 20.8 Å². The summed E-state index contributed by atoms with van der Waals surface area (Å²) < 4.78 is 15.9. The number of pyridine rings is 1. The third-order valence-electron chi connectivity index (χ3n) is 5.33. The van der Waals surface area contributed by atoms with E-state index in [4.69, 9.17) is 14.0 Å². The Morgan fingerprint density at radius 3 is 2.73 bits per heavy atom. The van der Waals surface area contributed by atoms with Crippen molar-refractivity contribution in [3.05, 3.63) is 54.2 Å². The van der Waals surface area contributed by atoms with Crippen LogP contribution >= 0.6 is 0 Å². The molecule has 3 heterocycles. The normalized spacial score (nSPS) is 15.9. The molecule has 0 radical (unpaired) electrons.